The fourth-order valence-corrected chi connectivity index (χ4v) is 3.85. The summed E-state index contributed by atoms with van der Waals surface area (Å²) in [5, 5.41) is 2.93. The molecule has 4 rings (SSSR count). The number of amides is 1. The molecule has 1 N–H and O–H groups in total. The molecule has 24 heavy (non-hydrogen) atoms. The molecule has 2 aromatic rings. The summed E-state index contributed by atoms with van der Waals surface area (Å²) in [5.74, 6) is 1.50. The van der Waals surface area contributed by atoms with E-state index in [0.717, 1.165) is 28.1 Å². The van der Waals surface area contributed by atoms with Gasteiger partial charge in [0.15, 0.2) is 0 Å². The van der Waals surface area contributed by atoms with E-state index in [1.165, 1.54) is 31.2 Å². The van der Waals surface area contributed by atoms with Gasteiger partial charge in [0.25, 0.3) is 5.91 Å². The van der Waals surface area contributed by atoms with Crippen molar-refractivity contribution in [2.24, 2.45) is 0 Å². The average Bonchev–Trinajstić information content (AvgIpc) is 3.24. The van der Waals surface area contributed by atoms with Gasteiger partial charge in [-0.15, -0.1) is 0 Å². The third-order valence-corrected chi connectivity index (χ3v) is 5.07. The molecule has 2 aliphatic rings. The zero-order valence-corrected chi connectivity index (χ0v) is 13.8. The standard InChI is InChI=1S/C21H21NO2/c1-24-20-11-10-14(12-17(20)15-6-2-3-7-15)13-18-16-8-4-5-9-19(16)22-21(18)23/h4-5,8-13,15H,2-3,6-7H2,1H3,(H,22,23)/b18-13+. The summed E-state index contributed by atoms with van der Waals surface area (Å²) in [7, 11) is 1.73. The molecule has 1 saturated carbocycles. The van der Waals surface area contributed by atoms with E-state index < -0.39 is 0 Å². The third-order valence-electron chi connectivity index (χ3n) is 5.07. The Balaban J connectivity index is 1.75. The second-order valence-corrected chi connectivity index (χ2v) is 6.54. The Morgan fingerprint density at radius 3 is 2.71 bits per heavy atom. The number of anilines is 1. The van der Waals surface area contributed by atoms with E-state index in [2.05, 4.69) is 11.4 Å². The first-order valence-corrected chi connectivity index (χ1v) is 8.56. The van der Waals surface area contributed by atoms with Crippen LogP contribution >= 0.6 is 0 Å². The maximum Gasteiger partial charge on any atom is 0.256 e. The summed E-state index contributed by atoms with van der Waals surface area (Å²) in [4.78, 5) is 12.3. The molecule has 1 heterocycles. The summed E-state index contributed by atoms with van der Waals surface area (Å²) >= 11 is 0. The molecule has 0 radical (unpaired) electrons. The number of rotatable bonds is 3. The lowest BCUT2D eigenvalue weighted by atomic mass is 9.94. The predicted octanol–water partition coefficient (Wildman–Crippen LogP) is 4.85. The quantitative estimate of drug-likeness (QED) is 0.822. The molecular formula is C21H21NO2. The lowest BCUT2D eigenvalue weighted by Crippen LogP contribution is -2.03. The summed E-state index contributed by atoms with van der Waals surface area (Å²) < 4.78 is 5.56. The number of hydrogen-bond acceptors (Lipinski definition) is 2. The number of para-hydroxylation sites is 1. The van der Waals surface area contributed by atoms with Crippen LogP contribution < -0.4 is 10.1 Å². The second-order valence-electron chi connectivity index (χ2n) is 6.54. The van der Waals surface area contributed by atoms with Gasteiger partial charge in [0.1, 0.15) is 5.75 Å². The van der Waals surface area contributed by atoms with Crippen LogP contribution in [0.25, 0.3) is 11.6 Å². The molecule has 2 aromatic carbocycles. The van der Waals surface area contributed by atoms with Gasteiger partial charge < -0.3 is 10.1 Å². The minimum absolute atomic E-state index is 0.0329. The highest BCUT2D eigenvalue weighted by Crippen LogP contribution is 2.40. The van der Waals surface area contributed by atoms with Crippen molar-refractivity contribution in [2.45, 2.75) is 31.6 Å². The van der Waals surface area contributed by atoms with Crippen LogP contribution in [0.1, 0.15) is 48.3 Å². The Hall–Kier alpha value is -2.55. The summed E-state index contributed by atoms with van der Waals surface area (Å²) in [6.07, 6.45) is 7.00. The van der Waals surface area contributed by atoms with E-state index in [0.29, 0.717) is 5.92 Å². The minimum atomic E-state index is -0.0329. The van der Waals surface area contributed by atoms with Crippen molar-refractivity contribution in [1.82, 2.24) is 0 Å². The van der Waals surface area contributed by atoms with E-state index in [1.807, 2.05) is 42.5 Å². The molecule has 3 heteroatoms. The fraction of sp³-hybridized carbons (Fsp3) is 0.286. The molecule has 0 spiro atoms. The number of fused-ring (bicyclic) bond motifs is 1. The molecule has 1 aliphatic heterocycles. The van der Waals surface area contributed by atoms with Crippen LogP contribution in [0.2, 0.25) is 0 Å². The summed E-state index contributed by atoms with van der Waals surface area (Å²) in [5.41, 5.74) is 4.92. The monoisotopic (exact) mass is 319 g/mol. The van der Waals surface area contributed by atoms with Gasteiger partial charge in [0.05, 0.1) is 7.11 Å². The van der Waals surface area contributed by atoms with Gasteiger partial charge in [0, 0.05) is 16.8 Å². The van der Waals surface area contributed by atoms with E-state index >= 15 is 0 Å². The van der Waals surface area contributed by atoms with Crippen LogP contribution in [0.3, 0.4) is 0 Å². The molecule has 0 aromatic heterocycles. The van der Waals surface area contributed by atoms with E-state index in [1.54, 1.807) is 7.11 Å². The first-order valence-electron chi connectivity index (χ1n) is 8.56. The topological polar surface area (TPSA) is 38.3 Å². The smallest absolute Gasteiger partial charge is 0.256 e. The minimum Gasteiger partial charge on any atom is -0.496 e. The molecular weight excluding hydrogens is 298 g/mol. The van der Waals surface area contributed by atoms with Crippen LogP contribution in [0.5, 0.6) is 5.75 Å². The van der Waals surface area contributed by atoms with E-state index in [9.17, 15) is 4.79 Å². The first-order chi connectivity index (χ1) is 11.8. The van der Waals surface area contributed by atoms with Crippen molar-refractivity contribution in [3.63, 3.8) is 0 Å². The molecule has 122 valence electrons. The number of benzene rings is 2. The van der Waals surface area contributed by atoms with Gasteiger partial charge in [-0.3, -0.25) is 4.79 Å². The van der Waals surface area contributed by atoms with Crippen LogP contribution in [0, 0.1) is 0 Å². The molecule has 0 bridgehead atoms. The zero-order valence-electron chi connectivity index (χ0n) is 13.8. The molecule has 0 saturated heterocycles. The normalized spacial score (nSPS) is 18.7. The Kier molecular flexibility index (Phi) is 3.85. The van der Waals surface area contributed by atoms with E-state index in [4.69, 9.17) is 4.74 Å². The Morgan fingerprint density at radius 2 is 1.92 bits per heavy atom. The van der Waals surface area contributed by atoms with Gasteiger partial charge in [-0.05, 0) is 54.2 Å². The highest BCUT2D eigenvalue weighted by molar-refractivity contribution is 6.34. The lowest BCUT2D eigenvalue weighted by molar-refractivity contribution is -0.110. The number of hydrogen-bond donors (Lipinski definition) is 1. The third kappa shape index (κ3) is 2.60. The maximum atomic E-state index is 12.3. The van der Waals surface area contributed by atoms with Crippen LogP contribution in [0.15, 0.2) is 42.5 Å². The molecule has 0 unspecified atom stereocenters. The van der Waals surface area contributed by atoms with Gasteiger partial charge in [-0.1, -0.05) is 37.1 Å². The maximum absolute atomic E-state index is 12.3. The zero-order chi connectivity index (χ0) is 16.5. The fourth-order valence-electron chi connectivity index (χ4n) is 3.85. The average molecular weight is 319 g/mol. The van der Waals surface area contributed by atoms with Crippen molar-refractivity contribution in [2.75, 3.05) is 12.4 Å². The van der Waals surface area contributed by atoms with Gasteiger partial charge >= 0.3 is 0 Å². The largest absolute Gasteiger partial charge is 0.496 e. The van der Waals surface area contributed by atoms with Gasteiger partial charge in [0.2, 0.25) is 0 Å². The number of carbonyl (C=O) groups excluding carboxylic acids is 1. The number of ether oxygens (including phenoxy) is 1. The highest BCUT2D eigenvalue weighted by atomic mass is 16.5. The molecule has 1 fully saturated rings. The SMILES string of the molecule is COc1ccc(/C=C2/C(=O)Nc3ccccc32)cc1C1CCCC1. The number of nitrogens with one attached hydrogen (secondary N) is 1. The van der Waals surface area contributed by atoms with Crippen LogP contribution in [-0.4, -0.2) is 13.0 Å². The summed E-state index contributed by atoms with van der Waals surface area (Å²) in [6.45, 7) is 0. The van der Waals surface area contributed by atoms with Gasteiger partial charge in [-0.2, -0.15) is 0 Å². The van der Waals surface area contributed by atoms with E-state index in [-0.39, 0.29) is 5.91 Å². The van der Waals surface area contributed by atoms with Crippen molar-refractivity contribution in [3.05, 3.63) is 59.2 Å². The summed E-state index contributed by atoms with van der Waals surface area (Å²) in [6, 6.07) is 14.1. The Bertz CT molecular complexity index is 816. The van der Waals surface area contributed by atoms with Crippen molar-refractivity contribution < 1.29 is 9.53 Å². The Labute approximate surface area is 142 Å². The highest BCUT2D eigenvalue weighted by Gasteiger charge is 2.24. The number of carbonyl (C=O) groups is 1. The first kappa shape index (κ1) is 15.0. The number of methoxy groups -OCH3 is 1. The Morgan fingerprint density at radius 1 is 1.12 bits per heavy atom. The molecule has 1 amide bonds. The molecule has 3 nitrogen and oxygen atoms in total. The van der Waals surface area contributed by atoms with Crippen molar-refractivity contribution >= 4 is 23.2 Å². The second kappa shape index (κ2) is 6.16. The van der Waals surface area contributed by atoms with Crippen molar-refractivity contribution in [3.8, 4) is 5.75 Å². The van der Waals surface area contributed by atoms with Gasteiger partial charge in [-0.25, -0.2) is 0 Å². The van der Waals surface area contributed by atoms with Crippen LogP contribution in [0.4, 0.5) is 5.69 Å². The lowest BCUT2D eigenvalue weighted by Gasteiger charge is -2.15. The predicted molar refractivity (Wildman–Crippen MR) is 97.1 cm³/mol. The molecule has 1 aliphatic carbocycles. The van der Waals surface area contributed by atoms with Crippen molar-refractivity contribution in [1.29, 1.82) is 0 Å². The van der Waals surface area contributed by atoms with Crippen LogP contribution in [-0.2, 0) is 4.79 Å². The molecule has 0 atom stereocenters.